The van der Waals surface area contributed by atoms with Gasteiger partial charge in [0.05, 0.1) is 29.9 Å². The molecular formula is C18H27ClFN3O2. The van der Waals surface area contributed by atoms with E-state index in [9.17, 15) is 9.18 Å². The zero-order chi connectivity index (χ0) is 17.3. The highest BCUT2D eigenvalue weighted by Gasteiger charge is 2.51. The third kappa shape index (κ3) is 4.06. The number of hydrogen-bond acceptors (Lipinski definition) is 4. The Morgan fingerprint density at radius 2 is 2.20 bits per heavy atom. The van der Waals surface area contributed by atoms with Gasteiger partial charge in [-0.25, -0.2) is 4.39 Å². The molecule has 7 heteroatoms. The largest absolute Gasteiger partial charge is 0.384 e. The van der Waals surface area contributed by atoms with Crippen molar-refractivity contribution in [2.24, 2.45) is 17.3 Å². The van der Waals surface area contributed by atoms with Crippen LogP contribution in [-0.2, 0) is 9.53 Å². The van der Waals surface area contributed by atoms with E-state index in [2.05, 4.69) is 24.1 Å². The molecule has 0 radical (unpaired) electrons. The molecule has 2 aliphatic rings. The molecule has 140 valence electrons. The molecule has 1 amide bonds. The van der Waals surface area contributed by atoms with Crippen LogP contribution in [0.25, 0.3) is 0 Å². The zero-order valence-corrected chi connectivity index (χ0v) is 15.8. The molecule has 25 heavy (non-hydrogen) atoms. The van der Waals surface area contributed by atoms with Crippen LogP contribution in [0.5, 0.6) is 0 Å². The smallest absolute Gasteiger partial charge is 0.228 e. The van der Waals surface area contributed by atoms with Crippen molar-refractivity contribution < 1.29 is 13.9 Å². The zero-order valence-electron chi connectivity index (χ0n) is 15.0. The second-order valence-corrected chi connectivity index (χ2v) is 7.43. The summed E-state index contributed by atoms with van der Waals surface area (Å²) in [6.07, 6.45) is 4.61. The Morgan fingerprint density at radius 3 is 2.76 bits per heavy atom. The maximum Gasteiger partial charge on any atom is 0.228 e. The molecule has 2 heterocycles. The Balaban J connectivity index is 0.00000225. The maximum absolute atomic E-state index is 14.1. The fourth-order valence-corrected chi connectivity index (χ4v) is 3.66. The Labute approximate surface area is 154 Å². The van der Waals surface area contributed by atoms with Gasteiger partial charge in [0.15, 0.2) is 5.82 Å². The predicted octanol–water partition coefficient (Wildman–Crippen LogP) is 2.65. The number of methoxy groups -OCH3 is 1. The molecular weight excluding hydrogens is 345 g/mol. The van der Waals surface area contributed by atoms with E-state index in [1.807, 2.05) is 4.90 Å². The molecule has 0 aromatic carbocycles. The number of anilines is 1. The summed E-state index contributed by atoms with van der Waals surface area (Å²) >= 11 is 0. The topological polar surface area (TPSA) is 54.5 Å². The number of ether oxygens (including phenoxy) is 1. The van der Waals surface area contributed by atoms with Crippen molar-refractivity contribution in [2.75, 3.05) is 31.7 Å². The van der Waals surface area contributed by atoms with Crippen molar-refractivity contribution in [1.82, 2.24) is 10.3 Å². The summed E-state index contributed by atoms with van der Waals surface area (Å²) in [4.78, 5) is 18.5. The molecule has 1 aliphatic heterocycles. The minimum Gasteiger partial charge on any atom is -0.384 e. The minimum absolute atomic E-state index is 0. The number of pyridine rings is 1. The van der Waals surface area contributed by atoms with E-state index in [0.29, 0.717) is 30.7 Å². The van der Waals surface area contributed by atoms with Gasteiger partial charge in [-0.2, -0.15) is 0 Å². The van der Waals surface area contributed by atoms with Crippen molar-refractivity contribution in [3.63, 3.8) is 0 Å². The van der Waals surface area contributed by atoms with Crippen LogP contribution in [0.4, 0.5) is 10.1 Å². The lowest BCUT2D eigenvalue weighted by Gasteiger charge is -2.25. The maximum atomic E-state index is 14.1. The van der Waals surface area contributed by atoms with Crippen molar-refractivity contribution in [2.45, 2.75) is 32.7 Å². The van der Waals surface area contributed by atoms with Gasteiger partial charge in [0.25, 0.3) is 0 Å². The number of amides is 1. The number of carbonyl (C=O) groups excluding carboxylic acids is 1. The van der Waals surface area contributed by atoms with E-state index >= 15 is 0 Å². The molecule has 0 spiro atoms. The molecule has 2 atom stereocenters. The molecule has 5 nitrogen and oxygen atoms in total. The van der Waals surface area contributed by atoms with Crippen molar-refractivity contribution >= 4 is 24.0 Å². The summed E-state index contributed by atoms with van der Waals surface area (Å²) in [5.74, 6) is 0.463. The van der Waals surface area contributed by atoms with Crippen LogP contribution in [0, 0.1) is 23.1 Å². The first-order chi connectivity index (χ1) is 11.5. The molecule has 1 aromatic heterocycles. The Hall–Kier alpha value is -1.40. The molecule has 0 bridgehead atoms. The number of hydrogen-bond donors (Lipinski definition) is 1. The van der Waals surface area contributed by atoms with Gasteiger partial charge < -0.3 is 15.0 Å². The van der Waals surface area contributed by atoms with Gasteiger partial charge in [0.2, 0.25) is 5.91 Å². The summed E-state index contributed by atoms with van der Waals surface area (Å²) in [5.41, 5.74) is 0.219. The van der Waals surface area contributed by atoms with Crippen LogP contribution < -0.4 is 10.2 Å². The number of aromatic nitrogens is 1. The number of halogens is 2. The first-order valence-electron chi connectivity index (χ1n) is 8.61. The molecule has 0 unspecified atom stereocenters. The quantitative estimate of drug-likeness (QED) is 0.835. The molecule has 3 rings (SSSR count). The average molecular weight is 372 g/mol. The highest BCUT2D eigenvalue weighted by Crippen LogP contribution is 2.46. The number of nitrogens with zero attached hydrogens (tertiary/aromatic N) is 2. The molecule has 1 saturated carbocycles. The SMILES string of the molecule is COCC1(C(=O)N[C@H]2CN(c3ccncc3F)C[C@@H]2C(C)C)CC1.Cl. The molecule has 1 saturated heterocycles. The van der Waals surface area contributed by atoms with Crippen molar-refractivity contribution in [1.29, 1.82) is 0 Å². The third-order valence-corrected chi connectivity index (χ3v) is 5.39. The van der Waals surface area contributed by atoms with Crippen LogP contribution in [0.1, 0.15) is 26.7 Å². The second-order valence-electron chi connectivity index (χ2n) is 7.43. The fourth-order valence-electron chi connectivity index (χ4n) is 3.66. The van der Waals surface area contributed by atoms with E-state index in [-0.39, 0.29) is 35.6 Å². The number of nitrogens with one attached hydrogen (secondary N) is 1. The summed E-state index contributed by atoms with van der Waals surface area (Å²) in [5, 5.41) is 3.22. The highest BCUT2D eigenvalue weighted by atomic mass is 35.5. The summed E-state index contributed by atoms with van der Waals surface area (Å²) in [6, 6.07) is 1.73. The number of rotatable bonds is 6. The van der Waals surface area contributed by atoms with Gasteiger partial charge in [-0.15, -0.1) is 12.4 Å². The molecule has 1 N–H and O–H groups in total. The first-order valence-corrected chi connectivity index (χ1v) is 8.61. The first kappa shape index (κ1) is 19.9. The van der Waals surface area contributed by atoms with E-state index in [0.717, 1.165) is 19.4 Å². The van der Waals surface area contributed by atoms with Crippen molar-refractivity contribution in [3.05, 3.63) is 24.3 Å². The number of carbonyl (C=O) groups is 1. The molecule has 2 fully saturated rings. The Morgan fingerprint density at radius 1 is 1.48 bits per heavy atom. The summed E-state index contributed by atoms with van der Waals surface area (Å²) in [7, 11) is 1.63. The van der Waals surface area contributed by atoms with Crippen LogP contribution >= 0.6 is 12.4 Å². The van der Waals surface area contributed by atoms with Gasteiger partial charge >= 0.3 is 0 Å². The minimum atomic E-state index is -0.342. The van der Waals surface area contributed by atoms with Crippen LogP contribution in [0.3, 0.4) is 0 Å². The van der Waals surface area contributed by atoms with Gasteiger partial charge in [0.1, 0.15) is 0 Å². The van der Waals surface area contributed by atoms with E-state index in [1.54, 1.807) is 19.4 Å². The molecule has 1 aromatic rings. The average Bonchev–Trinajstić information content (AvgIpc) is 3.21. The van der Waals surface area contributed by atoms with E-state index < -0.39 is 0 Å². The lowest BCUT2D eigenvalue weighted by molar-refractivity contribution is -0.129. The van der Waals surface area contributed by atoms with Gasteiger partial charge in [-0.1, -0.05) is 13.8 Å². The lowest BCUT2D eigenvalue weighted by Crippen LogP contribution is -2.46. The van der Waals surface area contributed by atoms with Gasteiger partial charge in [-0.3, -0.25) is 9.78 Å². The van der Waals surface area contributed by atoms with E-state index in [1.165, 1.54) is 6.20 Å². The third-order valence-electron chi connectivity index (χ3n) is 5.39. The fraction of sp³-hybridized carbons (Fsp3) is 0.667. The summed E-state index contributed by atoms with van der Waals surface area (Å²) < 4.78 is 19.3. The van der Waals surface area contributed by atoms with Crippen LogP contribution in [0.2, 0.25) is 0 Å². The second kappa shape index (κ2) is 7.87. The Kier molecular flexibility index (Phi) is 6.27. The van der Waals surface area contributed by atoms with Gasteiger partial charge in [0, 0.05) is 32.3 Å². The van der Waals surface area contributed by atoms with Crippen LogP contribution in [-0.4, -0.2) is 43.7 Å². The Bertz CT molecular complexity index is 610. The molecule has 1 aliphatic carbocycles. The highest BCUT2D eigenvalue weighted by molar-refractivity contribution is 5.86. The van der Waals surface area contributed by atoms with Crippen molar-refractivity contribution in [3.8, 4) is 0 Å². The lowest BCUT2D eigenvalue weighted by atomic mass is 9.90. The monoisotopic (exact) mass is 371 g/mol. The van der Waals surface area contributed by atoms with Crippen LogP contribution in [0.15, 0.2) is 18.5 Å². The van der Waals surface area contributed by atoms with Gasteiger partial charge in [-0.05, 0) is 24.8 Å². The van der Waals surface area contributed by atoms with E-state index in [4.69, 9.17) is 4.74 Å². The predicted molar refractivity (Wildman–Crippen MR) is 97.5 cm³/mol. The standard InChI is InChI=1S/C18H26FN3O2.ClH/c1-12(2)13-9-22(16-4-7-20-8-14(16)19)10-15(13)21-17(23)18(5-6-18)11-24-3;/h4,7-8,12-13,15H,5-6,9-11H2,1-3H3,(H,21,23);1H/t13-,15+;/m1./s1. The summed E-state index contributed by atoms with van der Waals surface area (Å²) in [6.45, 7) is 6.14. The normalized spacial score (nSPS) is 24.1.